The van der Waals surface area contributed by atoms with E-state index in [2.05, 4.69) is 20.7 Å². The third-order valence-electron chi connectivity index (χ3n) is 3.39. The van der Waals surface area contributed by atoms with Gasteiger partial charge >= 0.3 is 0 Å². The van der Waals surface area contributed by atoms with Crippen LogP contribution in [0.1, 0.15) is 12.2 Å². The highest BCUT2D eigenvalue weighted by molar-refractivity contribution is 5.35. The van der Waals surface area contributed by atoms with Crippen LogP contribution in [0.25, 0.3) is 5.69 Å². The van der Waals surface area contributed by atoms with Crippen molar-refractivity contribution in [1.82, 2.24) is 25.5 Å². The Kier molecular flexibility index (Phi) is 3.41. The fraction of sp³-hybridized carbons (Fsp3) is 0.462. The lowest BCUT2D eigenvalue weighted by Gasteiger charge is -2.03. The molecule has 19 heavy (non-hydrogen) atoms. The van der Waals surface area contributed by atoms with Crippen LogP contribution in [0.5, 0.6) is 5.75 Å². The van der Waals surface area contributed by atoms with Gasteiger partial charge in [-0.25, -0.2) is 0 Å². The van der Waals surface area contributed by atoms with Crippen molar-refractivity contribution in [3.63, 3.8) is 0 Å². The Morgan fingerprint density at radius 3 is 2.89 bits per heavy atom. The molecule has 0 radical (unpaired) electrons. The first kappa shape index (κ1) is 12.1. The molecule has 2 heterocycles. The molecule has 0 amide bonds. The second-order valence-corrected chi connectivity index (χ2v) is 4.76. The Morgan fingerprint density at radius 1 is 1.37 bits per heavy atom. The lowest BCUT2D eigenvalue weighted by Crippen LogP contribution is -2.11. The average Bonchev–Trinajstić information content (AvgIpc) is 3.11. The Bertz CT molecular complexity index is 530. The Morgan fingerprint density at radius 2 is 2.21 bits per heavy atom. The summed E-state index contributed by atoms with van der Waals surface area (Å²) in [6.07, 6.45) is 2.08. The summed E-state index contributed by atoms with van der Waals surface area (Å²) >= 11 is 0. The van der Waals surface area contributed by atoms with Gasteiger partial charge in [-0.15, -0.1) is 15.0 Å². The molecule has 3 rings (SSSR count). The average molecular weight is 259 g/mol. The lowest BCUT2D eigenvalue weighted by molar-refractivity contribution is 0.414. The van der Waals surface area contributed by atoms with Crippen LogP contribution >= 0.6 is 0 Å². The van der Waals surface area contributed by atoms with Crippen molar-refractivity contribution in [1.29, 1.82) is 0 Å². The molecule has 1 unspecified atom stereocenters. The first-order valence-corrected chi connectivity index (χ1v) is 6.49. The largest absolute Gasteiger partial charge is 0.497 e. The summed E-state index contributed by atoms with van der Waals surface area (Å²) < 4.78 is 5.13. The molecule has 1 aromatic carbocycles. The van der Waals surface area contributed by atoms with Crippen LogP contribution < -0.4 is 10.1 Å². The SMILES string of the molecule is COc1ccc(-n2nnc(CC3CCNC3)n2)cc1. The van der Waals surface area contributed by atoms with Crippen molar-refractivity contribution < 1.29 is 4.74 Å². The van der Waals surface area contributed by atoms with Crippen molar-refractivity contribution >= 4 is 0 Å². The number of rotatable bonds is 4. The fourth-order valence-electron chi connectivity index (χ4n) is 2.30. The van der Waals surface area contributed by atoms with Gasteiger partial charge in [0.15, 0.2) is 5.82 Å². The highest BCUT2D eigenvalue weighted by atomic mass is 16.5. The number of ether oxygens (including phenoxy) is 1. The summed E-state index contributed by atoms with van der Waals surface area (Å²) in [5, 5.41) is 16.0. The number of hydrogen-bond acceptors (Lipinski definition) is 5. The first-order chi connectivity index (χ1) is 9.35. The minimum absolute atomic E-state index is 0.633. The number of tetrazole rings is 1. The maximum absolute atomic E-state index is 5.13. The van der Waals surface area contributed by atoms with Crippen LogP contribution in [0.2, 0.25) is 0 Å². The monoisotopic (exact) mass is 259 g/mol. The molecule has 0 spiro atoms. The molecule has 1 aliphatic heterocycles. The van der Waals surface area contributed by atoms with Gasteiger partial charge in [-0.05, 0) is 54.9 Å². The van der Waals surface area contributed by atoms with E-state index in [-0.39, 0.29) is 0 Å². The van der Waals surface area contributed by atoms with E-state index in [9.17, 15) is 0 Å². The van der Waals surface area contributed by atoms with Gasteiger partial charge in [-0.1, -0.05) is 0 Å². The third-order valence-corrected chi connectivity index (χ3v) is 3.39. The summed E-state index contributed by atoms with van der Waals surface area (Å²) in [7, 11) is 1.65. The molecule has 1 atom stereocenters. The van der Waals surface area contributed by atoms with E-state index in [0.717, 1.165) is 36.8 Å². The molecule has 2 aromatic rings. The van der Waals surface area contributed by atoms with Crippen molar-refractivity contribution in [2.24, 2.45) is 5.92 Å². The Balaban J connectivity index is 1.72. The molecular formula is C13H17N5O. The minimum Gasteiger partial charge on any atom is -0.497 e. The number of nitrogens with zero attached hydrogens (tertiary/aromatic N) is 4. The van der Waals surface area contributed by atoms with E-state index in [1.165, 1.54) is 6.42 Å². The molecule has 1 aliphatic rings. The summed E-state index contributed by atoms with van der Waals surface area (Å²) in [6, 6.07) is 7.61. The smallest absolute Gasteiger partial charge is 0.175 e. The van der Waals surface area contributed by atoms with Gasteiger partial charge in [0.1, 0.15) is 5.75 Å². The molecule has 0 bridgehead atoms. The zero-order valence-corrected chi connectivity index (χ0v) is 10.9. The van der Waals surface area contributed by atoms with E-state index in [1.807, 2.05) is 24.3 Å². The van der Waals surface area contributed by atoms with Gasteiger partial charge in [-0.2, -0.15) is 0 Å². The third kappa shape index (κ3) is 2.73. The topological polar surface area (TPSA) is 64.9 Å². The van der Waals surface area contributed by atoms with Crippen molar-refractivity contribution in [2.75, 3.05) is 20.2 Å². The number of nitrogens with one attached hydrogen (secondary N) is 1. The maximum Gasteiger partial charge on any atom is 0.175 e. The summed E-state index contributed by atoms with van der Waals surface area (Å²) in [6.45, 7) is 2.15. The van der Waals surface area contributed by atoms with Crippen LogP contribution in [-0.2, 0) is 6.42 Å². The zero-order chi connectivity index (χ0) is 13.1. The highest BCUT2D eigenvalue weighted by Crippen LogP contribution is 2.15. The molecule has 1 fully saturated rings. The van der Waals surface area contributed by atoms with Crippen molar-refractivity contribution in [3.8, 4) is 11.4 Å². The minimum atomic E-state index is 0.633. The number of methoxy groups -OCH3 is 1. The molecular weight excluding hydrogens is 242 g/mol. The highest BCUT2D eigenvalue weighted by Gasteiger charge is 2.17. The van der Waals surface area contributed by atoms with E-state index >= 15 is 0 Å². The molecule has 1 aromatic heterocycles. The molecule has 0 saturated carbocycles. The van der Waals surface area contributed by atoms with Crippen LogP contribution in [-0.4, -0.2) is 40.4 Å². The summed E-state index contributed by atoms with van der Waals surface area (Å²) in [5.41, 5.74) is 0.893. The second-order valence-electron chi connectivity index (χ2n) is 4.76. The van der Waals surface area contributed by atoms with E-state index < -0.39 is 0 Å². The Hall–Kier alpha value is -1.95. The molecule has 1 N–H and O–H groups in total. The number of benzene rings is 1. The summed E-state index contributed by atoms with van der Waals surface area (Å²) in [4.78, 5) is 1.57. The van der Waals surface area contributed by atoms with E-state index in [1.54, 1.807) is 11.9 Å². The zero-order valence-electron chi connectivity index (χ0n) is 10.9. The van der Waals surface area contributed by atoms with Gasteiger partial charge in [-0.3, -0.25) is 0 Å². The van der Waals surface area contributed by atoms with Crippen molar-refractivity contribution in [3.05, 3.63) is 30.1 Å². The molecule has 6 nitrogen and oxygen atoms in total. The van der Waals surface area contributed by atoms with Crippen LogP contribution in [0, 0.1) is 5.92 Å². The van der Waals surface area contributed by atoms with Crippen LogP contribution in [0.3, 0.4) is 0 Å². The molecule has 6 heteroatoms. The van der Waals surface area contributed by atoms with Crippen LogP contribution in [0.4, 0.5) is 0 Å². The molecule has 0 aliphatic carbocycles. The fourth-order valence-corrected chi connectivity index (χ4v) is 2.30. The van der Waals surface area contributed by atoms with Gasteiger partial charge in [0.05, 0.1) is 12.8 Å². The Labute approximate surface area is 111 Å². The quantitative estimate of drug-likeness (QED) is 0.880. The van der Waals surface area contributed by atoms with Gasteiger partial charge < -0.3 is 10.1 Å². The normalized spacial score (nSPS) is 18.7. The predicted molar refractivity (Wildman–Crippen MR) is 70.4 cm³/mol. The van der Waals surface area contributed by atoms with Crippen LogP contribution in [0.15, 0.2) is 24.3 Å². The number of aromatic nitrogens is 4. The van der Waals surface area contributed by atoms with Gasteiger partial charge in [0.25, 0.3) is 0 Å². The standard InChI is InChI=1S/C13H17N5O/c1-19-12-4-2-11(3-5-12)18-16-13(15-17-18)8-10-6-7-14-9-10/h2-5,10,14H,6-9H2,1H3. The van der Waals surface area contributed by atoms with E-state index in [0.29, 0.717) is 5.92 Å². The van der Waals surface area contributed by atoms with Gasteiger partial charge in [0, 0.05) is 6.42 Å². The maximum atomic E-state index is 5.13. The first-order valence-electron chi connectivity index (χ1n) is 6.49. The lowest BCUT2D eigenvalue weighted by atomic mass is 10.1. The van der Waals surface area contributed by atoms with E-state index in [4.69, 9.17) is 4.74 Å². The number of hydrogen-bond donors (Lipinski definition) is 1. The van der Waals surface area contributed by atoms with Crippen molar-refractivity contribution in [2.45, 2.75) is 12.8 Å². The summed E-state index contributed by atoms with van der Waals surface area (Å²) in [5.74, 6) is 2.26. The molecule has 1 saturated heterocycles. The van der Waals surface area contributed by atoms with Gasteiger partial charge in [0.2, 0.25) is 0 Å². The predicted octanol–water partition coefficient (Wildman–Crippen LogP) is 0.823. The second kappa shape index (κ2) is 5.36. The molecule has 100 valence electrons.